The maximum Gasteiger partial charge on any atom is 0.296 e. The number of nitrogens with two attached hydrogens (primary N) is 1. The minimum Gasteiger partial charge on any atom is -0.271 e. The summed E-state index contributed by atoms with van der Waals surface area (Å²) in [6, 6.07) is 2.68. The Labute approximate surface area is 117 Å². The number of halogens is 1. The van der Waals surface area contributed by atoms with E-state index in [0.29, 0.717) is 29.7 Å². The zero-order chi connectivity index (χ0) is 14.8. The van der Waals surface area contributed by atoms with Gasteiger partial charge in [0.1, 0.15) is 0 Å². The molecule has 6 nitrogen and oxygen atoms in total. The highest BCUT2D eigenvalue weighted by Crippen LogP contribution is 2.29. The normalized spacial score (nSPS) is 12.4. The Hall–Kier alpha value is -0.830. The first kappa shape index (κ1) is 16.2. The fourth-order valence-corrected chi connectivity index (χ4v) is 3.09. The van der Waals surface area contributed by atoms with Crippen molar-refractivity contribution in [2.24, 2.45) is 5.14 Å². The van der Waals surface area contributed by atoms with Crippen molar-refractivity contribution >= 4 is 35.6 Å². The van der Waals surface area contributed by atoms with Gasteiger partial charge >= 0.3 is 0 Å². The number of rotatable bonds is 5. The topological polar surface area (TPSA) is 106 Å². The van der Waals surface area contributed by atoms with E-state index in [1.807, 2.05) is 0 Å². The maximum absolute atomic E-state index is 11.4. The van der Waals surface area contributed by atoms with E-state index < -0.39 is 19.3 Å². The third kappa shape index (κ3) is 4.34. The van der Waals surface area contributed by atoms with Crippen molar-refractivity contribution in [3.63, 3.8) is 0 Å². The summed E-state index contributed by atoms with van der Waals surface area (Å²) >= 11 is 0. The third-order valence-corrected chi connectivity index (χ3v) is 4.38. The van der Waals surface area contributed by atoms with Crippen LogP contribution in [0.4, 0.5) is 5.69 Å². The molecule has 1 rings (SSSR count). The predicted molar refractivity (Wildman–Crippen MR) is 75.0 cm³/mol. The molecule has 9 heteroatoms. The van der Waals surface area contributed by atoms with Crippen LogP contribution in [0.5, 0.6) is 0 Å². The zero-order valence-corrected chi connectivity index (χ0v) is 12.9. The van der Waals surface area contributed by atoms with Crippen molar-refractivity contribution in [3.8, 4) is 0 Å². The Morgan fingerprint density at radius 2 is 1.53 bits per heavy atom. The van der Waals surface area contributed by atoms with Crippen molar-refractivity contribution in [1.29, 1.82) is 0 Å². The van der Waals surface area contributed by atoms with E-state index >= 15 is 0 Å². The molecule has 0 aliphatic rings. The average molecular weight is 327 g/mol. The van der Waals surface area contributed by atoms with Crippen LogP contribution in [0.25, 0.3) is 0 Å². The molecule has 0 amide bonds. The van der Waals surface area contributed by atoms with Crippen molar-refractivity contribution in [1.82, 2.24) is 0 Å². The van der Waals surface area contributed by atoms with Crippen LogP contribution in [0.2, 0.25) is 0 Å². The van der Waals surface area contributed by atoms with Crippen molar-refractivity contribution in [3.05, 3.63) is 23.3 Å². The molecule has 0 unspecified atom stereocenters. The maximum atomic E-state index is 11.4. The quantitative estimate of drug-likeness (QED) is 0.796. The molecule has 108 valence electrons. The van der Waals surface area contributed by atoms with Crippen LogP contribution < -0.4 is 9.86 Å². The number of hydrogen-bond acceptors (Lipinski definition) is 4. The number of hydrogen-bond donors (Lipinski definition) is 2. The number of benzene rings is 1. The van der Waals surface area contributed by atoms with Gasteiger partial charge < -0.3 is 0 Å². The second-order valence-electron chi connectivity index (χ2n) is 3.91. The predicted octanol–water partition coefficient (Wildman–Crippen LogP) is 1.35. The first-order chi connectivity index (χ1) is 8.58. The summed E-state index contributed by atoms with van der Waals surface area (Å²) in [5, 5.41) is 4.96. The number of anilines is 1. The van der Waals surface area contributed by atoms with Crippen molar-refractivity contribution in [2.45, 2.75) is 31.6 Å². The van der Waals surface area contributed by atoms with Gasteiger partial charge in [0.15, 0.2) is 0 Å². The van der Waals surface area contributed by atoms with Crippen LogP contribution in [-0.2, 0) is 32.1 Å². The molecular formula is C10H15ClN2O4S2. The number of aryl methyl sites for hydroxylation is 2. The van der Waals surface area contributed by atoms with Gasteiger partial charge in [-0.15, -0.1) is 0 Å². The average Bonchev–Trinajstić information content (AvgIpc) is 2.25. The van der Waals surface area contributed by atoms with E-state index in [2.05, 4.69) is 4.72 Å². The van der Waals surface area contributed by atoms with E-state index in [4.69, 9.17) is 15.8 Å². The number of nitrogens with one attached hydrogen (secondary N) is 1. The Bertz CT molecular complexity index is 658. The van der Waals surface area contributed by atoms with Gasteiger partial charge in [-0.1, -0.05) is 13.8 Å². The van der Waals surface area contributed by atoms with Gasteiger partial charge in [0, 0.05) is 10.7 Å². The molecule has 0 atom stereocenters. The lowest BCUT2D eigenvalue weighted by Gasteiger charge is -2.15. The summed E-state index contributed by atoms with van der Waals surface area (Å²) < 4.78 is 47.2. The van der Waals surface area contributed by atoms with Crippen LogP contribution >= 0.6 is 10.7 Å². The minimum absolute atomic E-state index is 0.0529. The fraction of sp³-hybridized carbons (Fsp3) is 0.400. The molecule has 0 aromatic heterocycles. The van der Waals surface area contributed by atoms with Gasteiger partial charge in [-0.3, -0.25) is 4.72 Å². The molecule has 0 aliphatic carbocycles. The third-order valence-electron chi connectivity index (χ3n) is 2.56. The lowest BCUT2D eigenvalue weighted by molar-refractivity contribution is 0.602. The molecule has 0 fully saturated rings. The lowest BCUT2D eigenvalue weighted by atomic mass is 10.0. The van der Waals surface area contributed by atoms with Gasteiger partial charge in [0.05, 0.1) is 10.6 Å². The molecule has 0 spiro atoms. The highest BCUT2D eigenvalue weighted by Gasteiger charge is 2.18. The van der Waals surface area contributed by atoms with Crippen molar-refractivity contribution < 1.29 is 16.8 Å². The molecular weight excluding hydrogens is 312 g/mol. The molecule has 1 aromatic rings. The van der Waals surface area contributed by atoms with Crippen LogP contribution in [0.1, 0.15) is 25.0 Å². The Balaban J connectivity index is 3.55. The van der Waals surface area contributed by atoms with E-state index in [1.165, 1.54) is 12.1 Å². The minimum atomic E-state index is -3.92. The molecule has 0 heterocycles. The Morgan fingerprint density at radius 1 is 1.11 bits per heavy atom. The monoisotopic (exact) mass is 326 g/mol. The molecule has 1 aromatic carbocycles. The molecule has 0 saturated heterocycles. The second-order valence-corrected chi connectivity index (χ2v) is 7.77. The molecule has 0 radical (unpaired) electrons. The van der Waals surface area contributed by atoms with Crippen LogP contribution in [0.3, 0.4) is 0 Å². The summed E-state index contributed by atoms with van der Waals surface area (Å²) in [6.45, 7) is 3.54. The first-order valence-electron chi connectivity index (χ1n) is 5.49. The largest absolute Gasteiger partial charge is 0.296 e. The van der Waals surface area contributed by atoms with E-state index in [9.17, 15) is 16.8 Å². The van der Waals surface area contributed by atoms with Crippen molar-refractivity contribution in [2.75, 3.05) is 4.72 Å². The summed E-state index contributed by atoms with van der Waals surface area (Å²) in [4.78, 5) is -0.0529. The van der Waals surface area contributed by atoms with E-state index in [-0.39, 0.29) is 4.90 Å². The SMILES string of the molecule is CCc1cc(S(=O)(=O)Cl)cc(CC)c1NS(N)(=O)=O. The van der Waals surface area contributed by atoms with Gasteiger partial charge in [0.2, 0.25) is 0 Å². The zero-order valence-electron chi connectivity index (χ0n) is 10.5. The van der Waals surface area contributed by atoms with Gasteiger partial charge in [-0.25, -0.2) is 13.6 Å². The highest BCUT2D eigenvalue weighted by atomic mass is 35.7. The lowest BCUT2D eigenvalue weighted by Crippen LogP contribution is -2.23. The second kappa shape index (κ2) is 5.66. The Kier molecular flexibility index (Phi) is 4.83. The smallest absolute Gasteiger partial charge is 0.271 e. The van der Waals surface area contributed by atoms with Crippen LogP contribution in [0, 0.1) is 0 Å². The highest BCUT2D eigenvalue weighted by molar-refractivity contribution is 8.13. The molecule has 19 heavy (non-hydrogen) atoms. The molecule has 3 N–H and O–H groups in total. The summed E-state index contributed by atoms with van der Waals surface area (Å²) in [7, 11) is -2.48. The van der Waals surface area contributed by atoms with E-state index in [0.717, 1.165) is 0 Å². The Morgan fingerprint density at radius 3 is 1.79 bits per heavy atom. The van der Waals surface area contributed by atoms with E-state index in [1.54, 1.807) is 13.8 Å². The molecule has 0 bridgehead atoms. The van der Waals surface area contributed by atoms with Gasteiger partial charge in [-0.05, 0) is 36.1 Å². The van der Waals surface area contributed by atoms with Crippen LogP contribution in [0.15, 0.2) is 17.0 Å². The summed E-state index contributed by atoms with van der Waals surface area (Å²) in [6.07, 6.45) is 0.871. The van der Waals surface area contributed by atoms with Crippen LogP contribution in [-0.4, -0.2) is 16.8 Å². The fourth-order valence-electron chi connectivity index (χ4n) is 1.71. The molecule has 0 saturated carbocycles. The van der Waals surface area contributed by atoms with Gasteiger partial charge in [0.25, 0.3) is 19.3 Å². The summed E-state index contributed by atoms with van der Waals surface area (Å²) in [5.74, 6) is 0. The first-order valence-corrected chi connectivity index (χ1v) is 9.35. The summed E-state index contributed by atoms with van der Waals surface area (Å²) in [5.41, 5.74) is 1.36. The standard InChI is InChI=1S/C10H15ClN2O4S2/c1-3-7-5-9(18(11,14)15)6-8(4-2)10(7)13-19(12,16)17/h5-6,13H,3-4H2,1-2H3,(H2,12,16,17). The molecule has 0 aliphatic heterocycles. The van der Waals surface area contributed by atoms with Gasteiger partial charge in [-0.2, -0.15) is 8.42 Å².